The van der Waals surface area contributed by atoms with Gasteiger partial charge in [-0.15, -0.1) is 0 Å². The Bertz CT molecular complexity index is 633. The molecule has 0 aromatic heterocycles. The lowest BCUT2D eigenvalue weighted by Gasteiger charge is -2.05. The molecular formula is C30H52. The van der Waals surface area contributed by atoms with Crippen molar-refractivity contribution in [2.75, 3.05) is 0 Å². The average molecular weight is 414 g/mol. The molecule has 172 valence electrons. The average Bonchev–Trinajstić information content (AvgIpc) is 2.67. The Labute approximate surface area is 191 Å². The summed E-state index contributed by atoms with van der Waals surface area (Å²) in [5.74, 6) is 0.805. The van der Waals surface area contributed by atoms with Crippen LogP contribution < -0.4 is 0 Å². The predicted octanol–water partition coefficient (Wildman–Crippen LogP) is 10.7. The minimum Gasteiger partial charge on any atom is -0.0856 e. The largest absolute Gasteiger partial charge is 0.0856 e. The first-order valence-electron chi connectivity index (χ1n) is 12.9. The van der Waals surface area contributed by atoms with Crippen LogP contribution in [-0.4, -0.2) is 0 Å². The standard InChI is InChI=1S/C30H52/c1-25(2)15-11-19-29(7)23-13-21-27(5)17-9-10-18-28(6)22-14-24-30(8)20-12-16-26(3)4/h15,17-18,23-24,26H,9-14,16,19-22H2,1-8H3/b27-17+,28-18+,29-23+,30-24+/i18D. The molecule has 0 N–H and O–H groups in total. The van der Waals surface area contributed by atoms with Crippen molar-refractivity contribution in [3.8, 4) is 0 Å². The summed E-state index contributed by atoms with van der Waals surface area (Å²) in [5, 5.41) is 0. The topological polar surface area (TPSA) is 0 Å². The van der Waals surface area contributed by atoms with Crippen molar-refractivity contribution in [3.05, 3.63) is 58.2 Å². The molecule has 0 aliphatic heterocycles. The second kappa shape index (κ2) is 18.5. The van der Waals surface area contributed by atoms with Crippen molar-refractivity contribution < 1.29 is 1.37 Å². The maximum absolute atomic E-state index is 8.37. The maximum Gasteiger partial charge on any atom is 0.0575 e. The van der Waals surface area contributed by atoms with E-state index in [1.165, 1.54) is 53.5 Å². The first-order valence-corrected chi connectivity index (χ1v) is 12.4. The highest BCUT2D eigenvalue weighted by Gasteiger charge is 1.96. The van der Waals surface area contributed by atoms with Crippen molar-refractivity contribution in [1.29, 1.82) is 0 Å². The lowest BCUT2D eigenvalue weighted by Crippen LogP contribution is -1.87. The molecular weight excluding hydrogens is 360 g/mol. The Morgan fingerprint density at radius 2 is 1.07 bits per heavy atom. The molecule has 0 radical (unpaired) electrons. The third kappa shape index (κ3) is 20.0. The number of hydrogen-bond donors (Lipinski definition) is 0. The Hall–Kier alpha value is -1.30. The van der Waals surface area contributed by atoms with Gasteiger partial charge in [-0.3, -0.25) is 0 Å². The molecule has 0 fully saturated rings. The number of allylic oxidation sites excluding steroid dienone is 10. The number of hydrogen-bond acceptors (Lipinski definition) is 0. The van der Waals surface area contributed by atoms with Crippen molar-refractivity contribution in [2.45, 2.75) is 126 Å². The van der Waals surface area contributed by atoms with Gasteiger partial charge in [0, 0.05) is 0 Å². The lowest BCUT2D eigenvalue weighted by atomic mass is 10.0. The smallest absolute Gasteiger partial charge is 0.0575 e. The van der Waals surface area contributed by atoms with Crippen molar-refractivity contribution in [1.82, 2.24) is 0 Å². The maximum atomic E-state index is 8.37. The van der Waals surface area contributed by atoms with Gasteiger partial charge in [-0.25, -0.2) is 0 Å². The minimum absolute atomic E-state index is 0.805. The third-order valence-electron chi connectivity index (χ3n) is 5.55. The fourth-order valence-electron chi connectivity index (χ4n) is 3.46. The number of rotatable bonds is 16. The zero-order chi connectivity index (χ0) is 23.6. The first kappa shape index (κ1) is 26.7. The third-order valence-corrected chi connectivity index (χ3v) is 5.55. The molecule has 30 heavy (non-hydrogen) atoms. The molecule has 0 heteroatoms. The molecule has 0 aromatic rings. The van der Waals surface area contributed by atoms with Gasteiger partial charge in [0.1, 0.15) is 0 Å². The van der Waals surface area contributed by atoms with Crippen molar-refractivity contribution >= 4 is 0 Å². The Morgan fingerprint density at radius 1 is 0.600 bits per heavy atom. The fraction of sp³-hybridized carbons (Fsp3) is 0.667. The fourth-order valence-corrected chi connectivity index (χ4v) is 3.46. The molecule has 0 amide bonds. The normalized spacial score (nSPS) is 14.7. The summed E-state index contributed by atoms with van der Waals surface area (Å²) in [6.07, 6.45) is 21.9. The summed E-state index contributed by atoms with van der Waals surface area (Å²) >= 11 is 0. The van der Waals surface area contributed by atoms with Crippen molar-refractivity contribution in [3.63, 3.8) is 0 Å². The van der Waals surface area contributed by atoms with E-state index >= 15 is 0 Å². The molecule has 0 rings (SSSR count). The van der Waals surface area contributed by atoms with E-state index < -0.39 is 0 Å². The quantitative estimate of drug-likeness (QED) is 0.221. The highest BCUT2D eigenvalue weighted by Crippen LogP contribution is 2.15. The van der Waals surface area contributed by atoms with Crippen molar-refractivity contribution in [2.24, 2.45) is 5.92 Å². The highest BCUT2D eigenvalue weighted by atomic mass is 14.0. The minimum atomic E-state index is 0.805. The van der Waals surface area contributed by atoms with Crippen LogP contribution in [0.25, 0.3) is 0 Å². The van der Waals surface area contributed by atoms with Gasteiger partial charge >= 0.3 is 0 Å². The Morgan fingerprint density at radius 3 is 1.60 bits per heavy atom. The van der Waals surface area contributed by atoms with Gasteiger partial charge in [0.2, 0.25) is 0 Å². The molecule has 0 aliphatic rings. The molecule has 0 atom stereocenters. The van der Waals surface area contributed by atoms with Crippen LogP contribution in [0.1, 0.15) is 127 Å². The van der Waals surface area contributed by atoms with E-state index in [0.717, 1.165) is 56.9 Å². The van der Waals surface area contributed by atoms with Crippen LogP contribution in [0.5, 0.6) is 0 Å². The van der Waals surface area contributed by atoms with Gasteiger partial charge in [-0.05, 0) is 112 Å². The molecule has 0 bridgehead atoms. The van der Waals surface area contributed by atoms with E-state index in [0.29, 0.717) is 0 Å². The highest BCUT2D eigenvalue weighted by molar-refractivity contribution is 5.07. The first-order chi connectivity index (χ1) is 14.6. The molecule has 0 heterocycles. The van der Waals surface area contributed by atoms with E-state index in [9.17, 15) is 0 Å². The summed E-state index contributed by atoms with van der Waals surface area (Å²) in [7, 11) is 0. The lowest BCUT2D eigenvalue weighted by molar-refractivity contribution is 0.554. The van der Waals surface area contributed by atoms with Crippen LogP contribution in [0.3, 0.4) is 0 Å². The summed E-state index contributed by atoms with van der Waals surface area (Å²) in [6, 6.07) is 0.838. The molecule has 0 unspecified atom stereocenters. The summed E-state index contributed by atoms with van der Waals surface area (Å²) in [4.78, 5) is 0. The van der Waals surface area contributed by atoms with E-state index in [-0.39, 0.29) is 0 Å². The molecule has 0 aromatic carbocycles. The molecule has 0 saturated heterocycles. The van der Waals surface area contributed by atoms with E-state index in [2.05, 4.69) is 79.7 Å². The van der Waals surface area contributed by atoms with Gasteiger partial charge in [-0.2, -0.15) is 0 Å². The van der Waals surface area contributed by atoms with Gasteiger partial charge in [0.05, 0.1) is 1.37 Å². The molecule has 0 spiro atoms. The van der Waals surface area contributed by atoms with E-state index in [1.54, 1.807) is 0 Å². The monoisotopic (exact) mass is 413 g/mol. The SMILES string of the molecule is [2H]/C(CC/C=C(\C)CC/C=C(\C)CCC=C(C)C)=C(/C)CC/C=C(\C)CCCC(C)C. The zero-order valence-electron chi connectivity index (χ0n) is 22.7. The molecule has 0 saturated carbocycles. The van der Waals surface area contributed by atoms with Gasteiger partial charge in [0.25, 0.3) is 0 Å². The van der Waals surface area contributed by atoms with Gasteiger partial charge in [-0.1, -0.05) is 78.5 Å². The van der Waals surface area contributed by atoms with Crippen LogP contribution in [0, 0.1) is 5.92 Å². The predicted molar refractivity (Wildman–Crippen MR) is 140 cm³/mol. The van der Waals surface area contributed by atoms with Gasteiger partial charge < -0.3 is 0 Å². The van der Waals surface area contributed by atoms with Crippen LogP contribution in [-0.2, 0) is 0 Å². The van der Waals surface area contributed by atoms with Crippen LogP contribution >= 0.6 is 0 Å². The van der Waals surface area contributed by atoms with E-state index in [4.69, 9.17) is 1.37 Å². The Kier molecular flexibility index (Phi) is 16.5. The van der Waals surface area contributed by atoms with E-state index in [1.807, 2.05) is 0 Å². The summed E-state index contributed by atoms with van der Waals surface area (Å²) in [5.41, 5.74) is 7.14. The molecule has 0 nitrogen and oxygen atoms in total. The van der Waals surface area contributed by atoms with Crippen LogP contribution in [0.15, 0.2) is 58.2 Å². The van der Waals surface area contributed by atoms with Crippen LogP contribution in [0.4, 0.5) is 0 Å². The summed E-state index contributed by atoms with van der Waals surface area (Å²) < 4.78 is 8.37. The zero-order valence-corrected chi connectivity index (χ0v) is 21.7. The molecule has 0 aliphatic carbocycles. The Balaban J connectivity index is 4.21. The summed E-state index contributed by atoms with van der Waals surface area (Å²) in [6.45, 7) is 17.8. The van der Waals surface area contributed by atoms with Gasteiger partial charge in [0.15, 0.2) is 0 Å². The second-order valence-corrected chi connectivity index (χ2v) is 9.83. The van der Waals surface area contributed by atoms with Crippen LogP contribution in [0.2, 0.25) is 0 Å². The second-order valence-electron chi connectivity index (χ2n) is 9.83.